The van der Waals surface area contributed by atoms with Gasteiger partial charge in [0.25, 0.3) is 0 Å². The smallest absolute Gasteiger partial charge is 0.0954 e. The van der Waals surface area contributed by atoms with Gasteiger partial charge in [0, 0.05) is 36.0 Å². The molecule has 1 unspecified atom stereocenters. The lowest BCUT2D eigenvalue weighted by atomic mass is 10.0. The maximum atomic E-state index is 10.00. The SMILES string of the molecule is Cc1ccncc1C(O)Cc1nccs1. The zero-order chi connectivity index (χ0) is 10.7. The van der Waals surface area contributed by atoms with E-state index in [1.54, 1.807) is 29.9 Å². The highest BCUT2D eigenvalue weighted by Gasteiger charge is 2.12. The van der Waals surface area contributed by atoms with Gasteiger partial charge < -0.3 is 5.11 Å². The van der Waals surface area contributed by atoms with Crippen LogP contribution in [-0.2, 0) is 6.42 Å². The van der Waals surface area contributed by atoms with E-state index < -0.39 is 6.10 Å². The molecule has 0 fully saturated rings. The third kappa shape index (κ3) is 2.40. The third-order valence-corrected chi connectivity index (χ3v) is 3.09. The minimum Gasteiger partial charge on any atom is -0.388 e. The van der Waals surface area contributed by atoms with Crippen LogP contribution in [0.3, 0.4) is 0 Å². The van der Waals surface area contributed by atoms with Crippen molar-refractivity contribution in [2.75, 3.05) is 0 Å². The second kappa shape index (κ2) is 4.51. The molecule has 0 amide bonds. The molecule has 0 aliphatic heterocycles. The third-order valence-electron chi connectivity index (χ3n) is 2.29. The Kier molecular flexibility index (Phi) is 3.08. The molecule has 0 aromatic carbocycles. The van der Waals surface area contributed by atoms with Gasteiger partial charge in [0.05, 0.1) is 11.1 Å². The summed E-state index contributed by atoms with van der Waals surface area (Å²) >= 11 is 1.56. The Morgan fingerprint density at radius 3 is 3.00 bits per heavy atom. The maximum absolute atomic E-state index is 10.00. The summed E-state index contributed by atoms with van der Waals surface area (Å²) < 4.78 is 0. The van der Waals surface area contributed by atoms with Gasteiger partial charge >= 0.3 is 0 Å². The lowest BCUT2D eigenvalue weighted by molar-refractivity contribution is 0.177. The van der Waals surface area contributed by atoms with Crippen molar-refractivity contribution in [2.24, 2.45) is 0 Å². The van der Waals surface area contributed by atoms with E-state index in [1.807, 2.05) is 18.4 Å². The first-order valence-corrected chi connectivity index (χ1v) is 5.62. The zero-order valence-corrected chi connectivity index (χ0v) is 9.24. The monoisotopic (exact) mass is 220 g/mol. The molecule has 1 N–H and O–H groups in total. The van der Waals surface area contributed by atoms with Crippen LogP contribution in [0.25, 0.3) is 0 Å². The van der Waals surface area contributed by atoms with Gasteiger partial charge in [-0.15, -0.1) is 11.3 Å². The van der Waals surface area contributed by atoms with Crippen molar-refractivity contribution in [1.29, 1.82) is 0 Å². The first-order valence-electron chi connectivity index (χ1n) is 4.74. The van der Waals surface area contributed by atoms with Gasteiger partial charge in [-0.2, -0.15) is 0 Å². The van der Waals surface area contributed by atoms with Crippen LogP contribution in [0.2, 0.25) is 0 Å². The molecule has 2 aromatic heterocycles. The summed E-state index contributed by atoms with van der Waals surface area (Å²) in [5.41, 5.74) is 1.95. The van der Waals surface area contributed by atoms with Crippen molar-refractivity contribution in [3.8, 4) is 0 Å². The summed E-state index contributed by atoms with van der Waals surface area (Å²) in [4.78, 5) is 8.17. The molecule has 0 saturated heterocycles. The van der Waals surface area contributed by atoms with Gasteiger partial charge in [-0.3, -0.25) is 4.98 Å². The Hall–Kier alpha value is -1.26. The molecule has 3 nitrogen and oxygen atoms in total. The number of aryl methyl sites for hydroxylation is 1. The highest BCUT2D eigenvalue weighted by atomic mass is 32.1. The van der Waals surface area contributed by atoms with Crippen molar-refractivity contribution in [3.63, 3.8) is 0 Å². The molecule has 2 aromatic rings. The molecule has 0 radical (unpaired) electrons. The Balaban J connectivity index is 2.15. The molecule has 0 aliphatic carbocycles. The second-order valence-corrected chi connectivity index (χ2v) is 4.36. The van der Waals surface area contributed by atoms with Crippen molar-refractivity contribution in [3.05, 3.63) is 46.2 Å². The summed E-state index contributed by atoms with van der Waals surface area (Å²) in [6.45, 7) is 1.97. The van der Waals surface area contributed by atoms with E-state index in [0.717, 1.165) is 16.1 Å². The Morgan fingerprint density at radius 2 is 2.33 bits per heavy atom. The van der Waals surface area contributed by atoms with Crippen LogP contribution >= 0.6 is 11.3 Å². The summed E-state index contributed by atoms with van der Waals surface area (Å²) in [5, 5.41) is 12.9. The van der Waals surface area contributed by atoms with Crippen molar-refractivity contribution in [2.45, 2.75) is 19.4 Å². The minimum atomic E-state index is -0.509. The van der Waals surface area contributed by atoms with Crippen molar-refractivity contribution >= 4 is 11.3 Å². The number of aromatic nitrogens is 2. The number of aliphatic hydroxyl groups excluding tert-OH is 1. The van der Waals surface area contributed by atoms with Crippen LogP contribution in [0.15, 0.2) is 30.0 Å². The lowest BCUT2D eigenvalue weighted by Crippen LogP contribution is -2.04. The summed E-state index contributed by atoms with van der Waals surface area (Å²) in [6, 6.07) is 1.90. The van der Waals surface area contributed by atoms with E-state index in [0.29, 0.717) is 6.42 Å². The fourth-order valence-electron chi connectivity index (χ4n) is 1.45. The molecule has 4 heteroatoms. The molecule has 2 heterocycles. The molecule has 2 rings (SSSR count). The molecule has 0 bridgehead atoms. The fraction of sp³-hybridized carbons (Fsp3) is 0.273. The van der Waals surface area contributed by atoms with Gasteiger partial charge in [0.15, 0.2) is 0 Å². The highest BCUT2D eigenvalue weighted by molar-refractivity contribution is 7.09. The Labute approximate surface area is 92.5 Å². The van der Waals surface area contributed by atoms with Crippen LogP contribution in [0, 0.1) is 6.92 Å². The first kappa shape index (κ1) is 10.3. The second-order valence-electron chi connectivity index (χ2n) is 3.38. The van der Waals surface area contributed by atoms with E-state index in [9.17, 15) is 5.11 Å². The van der Waals surface area contributed by atoms with Gasteiger partial charge in [0.2, 0.25) is 0 Å². The largest absolute Gasteiger partial charge is 0.388 e. The lowest BCUT2D eigenvalue weighted by Gasteiger charge is -2.11. The number of hydrogen-bond donors (Lipinski definition) is 1. The van der Waals surface area contributed by atoms with Gasteiger partial charge in [-0.1, -0.05) is 0 Å². The zero-order valence-electron chi connectivity index (χ0n) is 8.42. The van der Waals surface area contributed by atoms with E-state index in [4.69, 9.17) is 0 Å². The highest BCUT2D eigenvalue weighted by Crippen LogP contribution is 2.21. The molecule has 0 saturated carbocycles. The first-order chi connectivity index (χ1) is 7.27. The van der Waals surface area contributed by atoms with Gasteiger partial charge in [-0.25, -0.2) is 4.98 Å². The van der Waals surface area contributed by atoms with Crippen molar-refractivity contribution < 1.29 is 5.11 Å². The van der Waals surface area contributed by atoms with E-state index >= 15 is 0 Å². The van der Waals surface area contributed by atoms with Crippen LogP contribution in [0.4, 0.5) is 0 Å². The average Bonchev–Trinajstić information content (AvgIpc) is 2.71. The fourth-order valence-corrected chi connectivity index (χ4v) is 2.11. The van der Waals surface area contributed by atoms with Crippen LogP contribution < -0.4 is 0 Å². The molecular formula is C11H12N2OS. The Bertz CT molecular complexity index is 428. The average molecular weight is 220 g/mol. The van der Waals surface area contributed by atoms with E-state index in [-0.39, 0.29) is 0 Å². The van der Waals surface area contributed by atoms with E-state index in [2.05, 4.69) is 9.97 Å². The number of nitrogens with zero attached hydrogens (tertiary/aromatic N) is 2. The van der Waals surface area contributed by atoms with Crippen LogP contribution in [-0.4, -0.2) is 15.1 Å². The van der Waals surface area contributed by atoms with Gasteiger partial charge in [0.1, 0.15) is 0 Å². The molecule has 15 heavy (non-hydrogen) atoms. The maximum Gasteiger partial charge on any atom is 0.0954 e. The minimum absolute atomic E-state index is 0.509. The van der Waals surface area contributed by atoms with Crippen LogP contribution in [0.5, 0.6) is 0 Å². The Morgan fingerprint density at radius 1 is 1.47 bits per heavy atom. The number of rotatable bonds is 3. The number of thiazole rings is 1. The predicted octanol–water partition coefficient (Wildman–Crippen LogP) is 2.12. The normalized spacial score (nSPS) is 12.7. The van der Waals surface area contributed by atoms with Gasteiger partial charge in [-0.05, 0) is 18.6 Å². The number of pyridine rings is 1. The molecular weight excluding hydrogens is 208 g/mol. The van der Waals surface area contributed by atoms with E-state index in [1.165, 1.54) is 0 Å². The molecule has 0 aliphatic rings. The topological polar surface area (TPSA) is 46.0 Å². The molecule has 78 valence electrons. The summed E-state index contributed by atoms with van der Waals surface area (Å²) in [6.07, 6.45) is 5.25. The number of aliphatic hydroxyl groups is 1. The predicted molar refractivity (Wildman–Crippen MR) is 59.8 cm³/mol. The molecule has 0 spiro atoms. The molecule has 1 atom stereocenters. The van der Waals surface area contributed by atoms with Crippen molar-refractivity contribution in [1.82, 2.24) is 9.97 Å². The summed E-state index contributed by atoms with van der Waals surface area (Å²) in [7, 11) is 0. The quantitative estimate of drug-likeness (QED) is 0.861. The number of hydrogen-bond acceptors (Lipinski definition) is 4. The summed E-state index contributed by atoms with van der Waals surface area (Å²) in [5.74, 6) is 0. The standard InChI is InChI=1S/C11H12N2OS/c1-8-2-3-12-7-9(8)10(14)6-11-13-4-5-15-11/h2-5,7,10,14H,6H2,1H3. The van der Waals surface area contributed by atoms with Crippen LogP contribution in [0.1, 0.15) is 22.2 Å².